The molecule has 17 heavy (non-hydrogen) atoms. The molecule has 0 saturated heterocycles. The smallest absolute Gasteiger partial charge is 0.254 e. The molecule has 1 aromatic carbocycles. The van der Waals surface area contributed by atoms with Gasteiger partial charge < -0.3 is 4.90 Å². The molecule has 90 valence electrons. The Balaban J connectivity index is 3.02. The van der Waals surface area contributed by atoms with Crippen LogP contribution in [0.25, 0.3) is 0 Å². The second-order valence-corrected chi connectivity index (χ2v) is 5.08. The van der Waals surface area contributed by atoms with Crippen LogP contribution in [0.3, 0.4) is 0 Å². The molecule has 0 fully saturated rings. The molecule has 0 aromatic heterocycles. The minimum Gasteiger partial charge on any atom is -0.323 e. The highest BCUT2D eigenvalue weighted by molar-refractivity contribution is 9.10. The summed E-state index contributed by atoms with van der Waals surface area (Å²) < 4.78 is 0.743. The van der Waals surface area contributed by atoms with E-state index >= 15 is 0 Å². The van der Waals surface area contributed by atoms with Gasteiger partial charge in [0, 0.05) is 16.1 Å². The number of hydrogen-bond donors (Lipinski definition) is 0. The minimum atomic E-state index is -0.184. The van der Waals surface area contributed by atoms with Crippen LogP contribution in [0.15, 0.2) is 22.7 Å². The standard InChI is InChI=1S/C12H12BrClN2O/c1-8(2)16(6-5-15)12(17)9-3-4-10(13)11(14)7-9/h3-4,7-8H,6H2,1-2H3. The summed E-state index contributed by atoms with van der Waals surface area (Å²) in [6.45, 7) is 3.82. The summed E-state index contributed by atoms with van der Waals surface area (Å²) in [6, 6.07) is 6.97. The monoisotopic (exact) mass is 314 g/mol. The predicted molar refractivity (Wildman–Crippen MR) is 70.9 cm³/mol. The number of nitrogens with zero attached hydrogens (tertiary/aromatic N) is 2. The van der Waals surface area contributed by atoms with Gasteiger partial charge in [-0.05, 0) is 48.0 Å². The van der Waals surface area contributed by atoms with Crippen LogP contribution in [-0.2, 0) is 0 Å². The zero-order chi connectivity index (χ0) is 13.0. The van der Waals surface area contributed by atoms with Crippen molar-refractivity contribution >= 4 is 33.4 Å². The molecular formula is C12H12BrClN2O. The first-order valence-electron chi connectivity index (χ1n) is 5.10. The zero-order valence-electron chi connectivity index (χ0n) is 9.58. The Bertz CT molecular complexity index is 468. The number of carbonyl (C=O) groups is 1. The Kier molecular flexibility index (Phi) is 4.98. The summed E-state index contributed by atoms with van der Waals surface area (Å²) in [5.74, 6) is -0.184. The molecule has 5 heteroatoms. The van der Waals surface area contributed by atoms with Crippen LogP contribution in [0.4, 0.5) is 0 Å². The Morgan fingerprint density at radius 1 is 1.59 bits per heavy atom. The van der Waals surface area contributed by atoms with Crippen molar-refractivity contribution in [1.82, 2.24) is 4.90 Å². The molecule has 3 nitrogen and oxygen atoms in total. The average molecular weight is 316 g/mol. The van der Waals surface area contributed by atoms with Crippen LogP contribution < -0.4 is 0 Å². The fourth-order valence-electron chi connectivity index (χ4n) is 1.36. The first-order chi connectivity index (χ1) is 7.97. The lowest BCUT2D eigenvalue weighted by molar-refractivity contribution is 0.0731. The quantitative estimate of drug-likeness (QED) is 0.802. The van der Waals surface area contributed by atoms with E-state index < -0.39 is 0 Å². The summed E-state index contributed by atoms with van der Waals surface area (Å²) in [7, 11) is 0. The zero-order valence-corrected chi connectivity index (χ0v) is 11.9. The molecule has 0 spiro atoms. The van der Waals surface area contributed by atoms with E-state index in [-0.39, 0.29) is 18.5 Å². The van der Waals surface area contributed by atoms with E-state index in [2.05, 4.69) is 15.9 Å². The van der Waals surface area contributed by atoms with Gasteiger partial charge in [0.2, 0.25) is 0 Å². The first kappa shape index (κ1) is 14.0. The van der Waals surface area contributed by atoms with Crippen molar-refractivity contribution in [3.05, 3.63) is 33.3 Å². The third kappa shape index (κ3) is 3.45. The Morgan fingerprint density at radius 3 is 2.71 bits per heavy atom. The third-order valence-corrected chi connectivity index (χ3v) is 3.52. The van der Waals surface area contributed by atoms with E-state index in [1.165, 1.54) is 4.90 Å². The van der Waals surface area contributed by atoms with Crippen LogP contribution >= 0.6 is 27.5 Å². The SMILES string of the molecule is CC(C)N(CC#N)C(=O)c1ccc(Br)c(Cl)c1. The van der Waals surface area contributed by atoms with Crippen molar-refractivity contribution in [2.24, 2.45) is 0 Å². The number of rotatable bonds is 3. The van der Waals surface area contributed by atoms with Gasteiger partial charge in [-0.25, -0.2) is 0 Å². The van der Waals surface area contributed by atoms with Gasteiger partial charge in [-0.2, -0.15) is 5.26 Å². The molecule has 1 aromatic rings. The van der Waals surface area contributed by atoms with E-state index in [0.29, 0.717) is 10.6 Å². The fraction of sp³-hybridized carbons (Fsp3) is 0.333. The number of halogens is 2. The van der Waals surface area contributed by atoms with E-state index in [1.54, 1.807) is 18.2 Å². The van der Waals surface area contributed by atoms with Crippen molar-refractivity contribution in [2.45, 2.75) is 19.9 Å². The summed E-state index contributed by atoms with van der Waals surface area (Å²) in [5.41, 5.74) is 0.488. The molecule has 0 aliphatic rings. The van der Waals surface area contributed by atoms with Crippen molar-refractivity contribution in [3.63, 3.8) is 0 Å². The molecule has 1 rings (SSSR count). The van der Waals surface area contributed by atoms with E-state index in [4.69, 9.17) is 16.9 Å². The van der Waals surface area contributed by atoms with Gasteiger partial charge in [-0.3, -0.25) is 4.79 Å². The van der Waals surface area contributed by atoms with E-state index in [0.717, 1.165) is 4.47 Å². The Hall–Kier alpha value is -1.05. The summed E-state index contributed by atoms with van der Waals surface area (Å²) in [5, 5.41) is 9.19. The highest BCUT2D eigenvalue weighted by Gasteiger charge is 2.18. The molecule has 0 aliphatic carbocycles. The molecule has 0 radical (unpaired) electrons. The summed E-state index contributed by atoms with van der Waals surface area (Å²) in [4.78, 5) is 13.6. The molecule has 0 saturated carbocycles. The lowest BCUT2D eigenvalue weighted by atomic mass is 10.1. The fourth-order valence-corrected chi connectivity index (χ4v) is 1.79. The molecule has 0 unspecified atom stereocenters. The normalized spacial score (nSPS) is 10.1. The van der Waals surface area contributed by atoms with Crippen LogP contribution in [-0.4, -0.2) is 23.4 Å². The maximum Gasteiger partial charge on any atom is 0.254 e. The number of amides is 1. The van der Waals surface area contributed by atoms with Gasteiger partial charge in [-0.15, -0.1) is 0 Å². The van der Waals surface area contributed by atoms with Crippen molar-refractivity contribution in [2.75, 3.05) is 6.54 Å². The van der Waals surface area contributed by atoms with Gasteiger partial charge in [0.1, 0.15) is 6.54 Å². The van der Waals surface area contributed by atoms with Crippen molar-refractivity contribution in [3.8, 4) is 6.07 Å². The lowest BCUT2D eigenvalue weighted by Crippen LogP contribution is -2.37. The molecule has 0 N–H and O–H groups in total. The van der Waals surface area contributed by atoms with Crippen LogP contribution in [0, 0.1) is 11.3 Å². The van der Waals surface area contributed by atoms with Crippen molar-refractivity contribution in [1.29, 1.82) is 5.26 Å². The average Bonchev–Trinajstić information content (AvgIpc) is 2.28. The van der Waals surface area contributed by atoms with Crippen LogP contribution in [0.5, 0.6) is 0 Å². The van der Waals surface area contributed by atoms with Crippen LogP contribution in [0.2, 0.25) is 5.02 Å². The Morgan fingerprint density at radius 2 is 2.24 bits per heavy atom. The van der Waals surface area contributed by atoms with Crippen molar-refractivity contribution < 1.29 is 4.79 Å². The third-order valence-electron chi connectivity index (χ3n) is 2.29. The molecule has 0 atom stereocenters. The second-order valence-electron chi connectivity index (χ2n) is 3.81. The number of hydrogen-bond acceptors (Lipinski definition) is 2. The van der Waals surface area contributed by atoms with E-state index in [1.807, 2.05) is 19.9 Å². The predicted octanol–water partition coefficient (Wildman–Crippen LogP) is 3.48. The Labute approximate surface area is 114 Å². The topological polar surface area (TPSA) is 44.1 Å². The van der Waals surface area contributed by atoms with Gasteiger partial charge in [0.25, 0.3) is 5.91 Å². The number of nitriles is 1. The molecule has 0 bridgehead atoms. The summed E-state index contributed by atoms with van der Waals surface area (Å²) >= 11 is 9.20. The van der Waals surface area contributed by atoms with E-state index in [9.17, 15) is 4.79 Å². The minimum absolute atomic E-state index is 0.0235. The first-order valence-corrected chi connectivity index (χ1v) is 6.27. The van der Waals surface area contributed by atoms with Gasteiger partial charge in [0.05, 0.1) is 11.1 Å². The van der Waals surface area contributed by atoms with Gasteiger partial charge in [-0.1, -0.05) is 11.6 Å². The largest absolute Gasteiger partial charge is 0.323 e. The number of benzene rings is 1. The molecule has 0 heterocycles. The lowest BCUT2D eigenvalue weighted by Gasteiger charge is -2.23. The second kappa shape index (κ2) is 6.04. The maximum atomic E-state index is 12.1. The maximum absolute atomic E-state index is 12.1. The molecular weight excluding hydrogens is 304 g/mol. The van der Waals surface area contributed by atoms with Crippen LogP contribution in [0.1, 0.15) is 24.2 Å². The molecule has 0 aliphatic heterocycles. The molecule has 1 amide bonds. The highest BCUT2D eigenvalue weighted by atomic mass is 79.9. The van der Waals surface area contributed by atoms with Gasteiger partial charge >= 0.3 is 0 Å². The van der Waals surface area contributed by atoms with Gasteiger partial charge in [0.15, 0.2) is 0 Å². The summed E-state index contributed by atoms with van der Waals surface area (Å²) in [6.07, 6.45) is 0. The highest BCUT2D eigenvalue weighted by Crippen LogP contribution is 2.24. The number of carbonyl (C=O) groups excluding carboxylic acids is 1.